The van der Waals surface area contributed by atoms with Crippen LogP contribution in [0.1, 0.15) is 38.5 Å². The largest absolute Gasteiger partial charge is 0.361 e. The Morgan fingerprint density at radius 1 is 1.08 bits per heavy atom. The van der Waals surface area contributed by atoms with Gasteiger partial charge in [-0.05, 0) is 19.9 Å². The van der Waals surface area contributed by atoms with Crippen LogP contribution in [0.15, 0.2) is 6.33 Å². The van der Waals surface area contributed by atoms with E-state index in [4.69, 9.17) is 0 Å². The van der Waals surface area contributed by atoms with Crippen molar-refractivity contribution >= 4 is 17.3 Å². The average Bonchev–Trinajstić information content (AvgIpc) is 2.85. The number of nitrogens with zero attached hydrogens (tertiary/aromatic N) is 5. The van der Waals surface area contributed by atoms with Crippen molar-refractivity contribution < 1.29 is 4.92 Å². The number of hydrazine groups is 1. The zero-order valence-electron chi connectivity index (χ0n) is 14.8. The lowest BCUT2D eigenvalue weighted by atomic mass is 10.1. The number of nitro groups is 1. The summed E-state index contributed by atoms with van der Waals surface area (Å²) in [6, 6.07) is 0.243. The molecular formula is C16H27N7O2. The molecule has 0 bridgehead atoms. The van der Waals surface area contributed by atoms with Gasteiger partial charge in [0.05, 0.1) is 4.92 Å². The molecule has 2 aliphatic rings. The fraction of sp³-hybridized carbons (Fsp3) is 0.750. The Balaban J connectivity index is 1.75. The zero-order chi connectivity index (χ0) is 17.6. The van der Waals surface area contributed by atoms with Gasteiger partial charge < -0.3 is 10.2 Å². The minimum atomic E-state index is -0.391. The first-order valence-electron chi connectivity index (χ1n) is 9.09. The molecule has 0 spiro atoms. The fourth-order valence-electron chi connectivity index (χ4n) is 3.42. The second kappa shape index (κ2) is 8.39. The first-order chi connectivity index (χ1) is 12.1. The van der Waals surface area contributed by atoms with E-state index in [0.717, 1.165) is 51.9 Å². The number of piperazine rings is 1. The van der Waals surface area contributed by atoms with Gasteiger partial charge in [0, 0.05) is 32.2 Å². The molecule has 0 unspecified atom stereocenters. The second-order valence-corrected chi connectivity index (χ2v) is 6.91. The van der Waals surface area contributed by atoms with Crippen molar-refractivity contribution in [3.05, 3.63) is 16.4 Å². The number of aromatic nitrogens is 2. The second-order valence-electron chi connectivity index (χ2n) is 6.91. The van der Waals surface area contributed by atoms with Crippen LogP contribution < -0.4 is 10.7 Å². The maximum absolute atomic E-state index is 11.7. The van der Waals surface area contributed by atoms with Crippen LogP contribution in [0.3, 0.4) is 0 Å². The lowest BCUT2D eigenvalue weighted by Crippen LogP contribution is -2.47. The highest BCUT2D eigenvalue weighted by Gasteiger charge is 2.27. The molecule has 3 rings (SSSR count). The van der Waals surface area contributed by atoms with E-state index < -0.39 is 4.92 Å². The Morgan fingerprint density at radius 3 is 2.36 bits per heavy atom. The number of anilines is 2. The monoisotopic (exact) mass is 349 g/mol. The van der Waals surface area contributed by atoms with Gasteiger partial charge in [-0.25, -0.2) is 15.0 Å². The molecule has 138 valence electrons. The van der Waals surface area contributed by atoms with Crippen LogP contribution in [0.5, 0.6) is 0 Å². The molecular weight excluding hydrogens is 322 g/mol. The molecule has 9 nitrogen and oxygen atoms in total. The topological polar surface area (TPSA) is 99.5 Å². The number of likely N-dealkylation sites (N-methyl/N-ethyl adjacent to an activating group) is 1. The van der Waals surface area contributed by atoms with Crippen LogP contribution in [-0.2, 0) is 0 Å². The molecule has 2 heterocycles. The summed E-state index contributed by atoms with van der Waals surface area (Å²) in [6.45, 7) is 3.42. The SMILES string of the molecule is CN1CCN(Nc2ncnc(NC3CCCCCC3)c2[N+](=O)[O-])CC1. The molecule has 0 atom stereocenters. The average molecular weight is 349 g/mol. The predicted octanol–water partition coefficient (Wildman–Crippen LogP) is 2.09. The fourth-order valence-corrected chi connectivity index (χ4v) is 3.42. The van der Waals surface area contributed by atoms with Crippen LogP contribution in [0.4, 0.5) is 17.3 Å². The van der Waals surface area contributed by atoms with E-state index in [0.29, 0.717) is 5.82 Å². The minimum absolute atomic E-state index is 0.0642. The van der Waals surface area contributed by atoms with Crippen molar-refractivity contribution in [3.8, 4) is 0 Å². The third kappa shape index (κ3) is 4.76. The molecule has 1 aromatic heterocycles. The molecule has 0 radical (unpaired) electrons. The predicted molar refractivity (Wildman–Crippen MR) is 96.5 cm³/mol. The molecule has 9 heteroatoms. The van der Waals surface area contributed by atoms with Crippen molar-refractivity contribution in [1.82, 2.24) is 19.9 Å². The molecule has 2 N–H and O–H groups in total. The summed E-state index contributed by atoms with van der Waals surface area (Å²) in [5, 5.41) is 16.9. The van der Waals surface area contributed by atoms with Gasteiger partial charge in [-0.2, -0.15) is 0 Å². The van der Waals surface area contributed by atoms with Gasteiger partial charge in [-0.3, -0.25) is 15.5 Å². The highest BCUT2D eigenvalue weighted by molar-refractivity contribution is 5.69. The highest BCUT2D eigenvalue weighted by atomic mass is 16.6. The summed E-state index contributed by atoms with van der Waals surface area (Å²) >= 11 is 0. The summed E-state index contributed by atoms with van der Waals surface area (Å²) in [7, 11) is 2.07. The van der Waals surface area contributed by atoms with E-state index >= 15 is 0 Å². The molecule has 1 saturated carbocycles. The molecule has 1 saturated heterocycles. The van der Waals surface area contributed by atoms with Gasteiger partial charge in [0.15, 0.2) is 0 Å². The zero-order valence-corrected chi connectivity index (χ0v) is 14.8. The summed E-state index contributed by atoms with van der Waals surface area (Å²) in [5.41, 5.74) is 3.05. The molecule has 0 aromatic carbocycles. The standard InChI is InChI=1S/C16H27N7O2/c1-21-8-10-22(11-9-21)20-16-14(23(24)25)15(17-12-18-16)19-13-6-4-2-3-5-7-13/h12-13H,2-11H2,1H3,(H2,17,18,19,20). The van der Waals surface area contributed by atoms with Gasteiger partial charge in [0.1, 0.15) is 6.33 Å². The molecule has 0 amide bonds. The summed E-state index contributed by atoms with van der Waals surface area (Å²) in [4.78, 5) is 21.8. The van der Waals surface area contributed by atoms with Crippen molar-refractivity contribution in [1.29, 1.82) is 0 Å². The quantitative estimate of drug-likeness (QED) is 0.474. The molecule has 1 aliphatic carbocycles. The Bertz CT molecular complexity index is 582. The number of hydrogen-bond acceptors (Lipinski definition) is 8. The third-order valence-corrected chi connectivity index (χ3v) is 4.97. The van der Waals surface area contributed by atoms with E-state index in [1.165, 1.54) is 19.2 Å². The third-order valence-electron chi connectivity index (χ3n) is 4.97. The van der Waals surface area contributed by atoms with Crippen molar-refractivity contribution in [2.75, 3.05) is 44.0 Å². The smallest absolute Gasteiger partial charge is 0.354 e. The normalized spacial score (nSPS) is 20.8. The van der Waals surface area contributed by atoms with E-state index in [9.17, 15) is 10.1 Å². The van der Waals surface area contributed by atoms with Crippen LogP contribution in [0, 0.1) is 10.1 Å². The van der Waals surface area contributed by atoms with Crippen molar-refractivity contribution in [2.45, 2.75) is 44.6 Å². The summed E-state index contributed by atoms with van der Waals surface area (Å²) < 4.78 is 0. The Labute approximate surface area is 147 Å². The van der Waals surface area contributed by atoms with Crippen molar-refractivity contribution in [2.24, 2.45) is 0 Å². The van der Waals surface area contributed by atoms with Crippen LogP contribution in [0.2, 0.25) is 0 Å². The number of nitrogens with one attached hydrogen (secondary N) is 2. The lowest BCUT2D eigenvalue weighted by Gasteiger charge is -2.32. The summed E-state index contributed by atoms with van der Waals surface area (Å²) in [6.07, 6.45) is 8.24. The van der Waals surface area contributed by atoms with E-state index in [1.54, 1.807) is 0 Å². The van der Waals surface area contributed by atoms with Gasteiger partial charge in [0.25, 0.3) is 0 Å². The van der Waals surface area contributed by atoms with E-state index in [-0.39, 0.29) is 17.5 Å². The van der Waals surface area contributed by atoms with Gasteiger partial charge in [-0.1, -0.05) is 25.7 Å². The molecule has 25 heavy (non-hydrogen) atoms. The minimum Gasteiger partial charge on any atom is -0.361 e. The Hall–Kier alpha value is -2.00. The first-order valence-corrected chi connectivity index (χ1v) is 9.09. The van der Waals surface area contributed by atoms with Gasteiger partial charge in [0.2, 0.25) is 11.6 Å². The molecule has 1 aliphatic heterocycles. The highest BCUT2D eigenvalue weighted by Crippen LogP contribution is 2.31. The first kappa shape index (κ1) is 17.8. The number of hydrogen-bond donors (Lipinski definition) is 2. The van der Waals surface area contributed by atoms with E-state index in [1.807, 2.05) is 5.01 Å². The van der Waals surface area contributed by atoms with Crippen LogP contribution in [-0.4, -0.2) is 64.1 Å². The lowest BCUT2D eigenvalue weighted by molar-refractivity contribution is -0.383. The maximum Gasteiger partial charge on any atom is 0.354 e. The molecule has 1 aromatic rings. The maximum atomic E-state index is 11.7. The van der Waals surface area contributed by atoms with Crippen LogP contribution >= 0.6 is 0 Å². The van der Waals surface area contributed by atoms with Gasteiger partial charge in [-0.15, -0.1) is 0 Å². The number of rotatable bonds is 5. The summed E-state index contributed by atoms with van der Waals surface area (Å²) in [5.74, 6) is 0.587. The van der Waals surface area contributed by atoms with Crippen molar-refractivity contribution in [3.63, 3.8) is 0 Å². The Kier molecular flexibility index (Phi) is 5.98. The Morgan fingerprint density at radius 2 is 1.72 bits per heavy atom. The van der Waals surface area contributed by atoms with E-state index in [2.05, 4.69) is 32.7 Å². The van der Waals surface area contributed by atoms with Gasteiger partial charge >= 0.3 is 5.69 Å². The van der Waals surface area contributed by atoms with Crippen LogP contribution in [0.25, 0.3) is 0 Å². The molecule has 2 fully saturated rings.